The highest BCUT2D eigenvalue weighted by atomic mass is 16.5. The predicted molar refractivity (Wildman–Crippen MR) is 98.8 cm³/mol. The topological polar surface area (TPSA) is 116 Å². The van der Waals surface area contributed by atoms with Gasteiger partial charge in [-0.1, -0.05) is 39.0 Å². The van der Waals surface area contributed by atoms with Crippen molar-refractivity contribution in [3.8, 4) is 0 Å². The summed E-state index contributed by atoms with van der Waals surface area (Å²) in [5.41, 5.74) is 5.91. The van der Waals surface area contributed by atoms with Crippen LogP contribution < -0.4 is 11.1 Å². The van der Waals surface area contributed by atoms with Crippen LogP contribution in [0.25, 0.3) is 10.9 Å². The maximum absolute atomic E-state index is 12.8. The molecule has 0 aliphatic carbocycles. The molecule has 0 spiro atoms. The highest BCUT2D eigenvalue weighted by Crippen LogP contribution is 2.23. The summed E-state index contributed by atoms with van der Waals surface area (Å²) in [6.45, 7) is 5.85. The van der Waals surface area contributed by atoms with E-state index < -0.39 is 23.3 Å². The second-order valence-electron chi connectivity index (χ2n) is 7.87. The summed E-state index contributed by atoms with van der Waals surface area (Å²) in [7, 11) is 0. The van der Waals surface area contributed by atoms with Crippen molar-refractivity contribution in [3.05, 3.63) is 30.0 Å². The molecule has 0 saturated carbocycles. The van der Waals surface area contributed by atoms with Crippen molar-refractivity contribution < 1.29 is 19.1 Å². The maximum atomic E-state index is 12.8. The van der Waals surface area contributed by atoms with Gasteiger partial charge in [-0.15, -0.1) is 0 Å². The number of benzene rings is 1. The first kappa shape index (κ1) is 18.9. The van der Waals surface area contributed by atoms with Crippen LogP contribution in [0.15, 0.2) is 24.3 Å². The quantitative estimate of drug-likeness (QED) is 0.769. The number of nitrogens with zero attached hydrogens (tertiary/aromatic N) is 2. The number of cyclic esters (lactones) is 1. The normalized spacial score (nSPS) is 18.3. The highest BCUT2D eigenvalue weighted by molar-refractivity contribution is 6.06. The zero-order chi connectivity index (χ0) is 19.8. The fraction of sp³-hybridized carbons (Fsp3) is 0.474. The highest BCUT2D eigenvalue weighted by Gasteiger charge is 2.33. The largest absolute Gasteiger partial charge is 0.460 e. The van der Waals surface area contributed by atoms with Crippen LogP contribution in [0, 0.1) is 5.41 Å². The monoisotopic (exact) mass is 372 g/mol. The number of carbonyl (C=O) groups excluding carboxylic acids is 3. The van der Waals surface area contributed by atoms with Crippen LogP contribution in [0.4, 0.5) is 0 Å². The Morgan fingerprint density at radius 2 is 2.07 bits per heavy atom. The Kier molecular flexibility index (Phi) is 4.91. The number of esters is 1. The van der Waals surface area contributed by atoms with Gasteiger partial charge in [-0.05, 0) is 17.9 Å². The molecule has 2 amide bonds. The molecular formula is C19H24N4O4. The summed E-state index contributed by atoms with van der Waals surface area (Å²) in [4.78, 5) is 36.0. The lowest BCUT2D eigenvalue weighted by Crippen LogP contribution is -2.52. The second kappa shape index (κ2) is 7.02. The average molecular weight is 372 g/mol. The molecule has 1 aliphatic heterocycles. The Morgan fingerprint density at radius 3 is 2.67 bits per heavy atom. The lowest BCUT2D eigenvalue weighted by atomic mass is 9.86. The van der Waals surface area contributed by atoms with Crippen molar-refractivity contribution in [1.82, 2.24) is 15.1 Å². The molecule has 144 valence electrons. The van der Waals surface area contributed by atoms with Gasteiger partial charge in [0.2, 0.25) is 5.91 Å². The summed E-state index contributed by atoms with van der Waals surface area (Å²) in [6, 6.07) is 6.49. The van der Waals surface area contributed by atoms with Crippen molar-refractivity contribution >= 4 is 28.7 Å². The third-order valence-corrected chi connectivity index (χ3v) is 4.64. The molecule has 2 aromatic rings. The number of aromatic nitrogens is 2. The first-order chi connectivity index (χ1) is 12.7. The van der Waals surface area contributed by atoms with Crippen LogP contribution >= 0.6 is 0 Å². The molecular weight excluding hydrogens is 348 g/mol. The number of carbonyl (C=O) groups is 3. The number of ether oxygens (including phenoxy) is 1. The Morgan fingerprint density at radius 1 is 1.37 bits per heavy atom. The van der Waals surface area contributed by atoms with E-state index in [-0.39, 0.29) is 17.8 Å². The summed E-state index contributed by atoms with van der Waals surface area (Å²) in [5.74, 6) is -1.28. The minimum absolute atomic E-state index is 0.213. The number of primary amides is 1. The molecule has 0 radical (unpaired) electrons. The third kappa shape index (κ3) is 3.94. The first-order valence-electron chi connectivity index (χ1n) is 8.92. The number of amides is 2. The molecule has 3 rings (SSSR count). The predicted octanol–water partition coefficient (Wildman–Crippen LogP) is 1.37. The summed E-state index contributed by atoms with van der Waals surface area (Å²) in [6.07, 6.45) is 0.760. The number of hydrogen-bond donors (Lipinski definition) is 2. The number of rotatable bonds is 5. The van der Waals surface area contributed by atoms with E-state index in [0.29, 0.717) is 24.8 Å². The molecule has 1 saturated heterocycles. The van der Waals surface area contributed by atoms with E-state index in [2.05, 4.69) is 10.4 Å². The molecule has 2 heterocycles. The molecule has 27 heavy (non-hydrogen) atoms. The number of hydrogen-bond acceptors (Lipinski definition) is 5. The fourth-order valence-electron chi connectivity index (χ4n) is 3.25. The van der Waals surface area contributed by atoms with E-state index in [4.69, 9.17) is 10.5 Å². The Labute approximate surface area is 157 Å². The van der Waals surface area contributed by atoms with Crippen molar-refractivity contribution in [3.63, 3.8) is 0 Å². The van der Waals surface area contributed by atoms with E-state index in [1.807, 2.05) is 39.0 Å². The van der Waals surface area contributed by atoms with Gasteiger partial charge in [-0.25, -0.2) is 0 Å². The maximum Gasteiger partial charge on any atom is 0.306 e. The number of para-hydroxylation sites is 1. The molecule has 1 aromatic carbocycles. The summed E-state index contributed by atoms with van der Waals surface area (Å²) < 4.78 is 6.93. The molecule has 3 N–H and O–H groups in total. The van der Waals surface area contributed by atoms with E-state index in [1.54, 1.807) is 10.7 Å². The van der Waals surface area contributed by atoms with Crippen molar-refractivity contribution in [2.24, 2.45) is 11.1 Å². The van der Waals surface area contributed by atoms with Gasteiger partial charge in [-0.2, -0.15) is 5.10 Å². The number of nitrogens with one attached hydrogen (secondary N) is 1. The van der Waals surface area contributed by atoms with Crippen molar-refractivity contribution in [2.75, 3.05) is 0 Å². The molecule has 0 bridgehead atoms. The van der Waals surface area contributed by atoms with E-state index in [0.717, 1.165) is 5.52 Å². The minimum atomic E-state index is -0.829. The van der Waals surface area contributed by atoms with Gasteiger partial charge in [0, 0.05) is 11.8 Å². The van der Waals surface area contributed by atoms with Crippen LogP contribution in [-0.2, 0) is 20.9 Å². The molecule has 1 aromatic heterocycles. The standard InChI is InChI=1S/C19H24N4O4/c1-19(2,3)16(17(20)25)21-18(26)15-12-6-4-5-7-13(12)23(22-15)10-11-8-9-14(24)27-11/h4-7,11,16H,8-10H2,1-3H3,(H2,20,25)(H,21,26)/t11-,16-/m1/s1. The van der Waals surface area contributed by atoms with Gasteiger partial charge < -0.3 is 15.8 Å². The zero-order valence-electron chi connectivity index (χ0n) is 15.7. The van der Waals surface area contributed by atoms with Crippen LogP contribution in [0.5, 0.6) is 0 Å². The van der Waals surface area contributed by atoms with Crippen LogP contribution in [0.1, 0.15) is 44.1 Å². The van der Waals surface area contributed by atoms with Gasteiger partial charge in [0.1, 0.15) is 12.1 Å². The van der Waals surface area contributed by atoms with E-state index >= 15 is 0 Å². The van der Waals surface area contributed by atoms with Gasteiger partial charge in [0.15, 0.2) is 5.69 Å². The average Bonchev–Trinajstić information content (AvgIpc) is 3.15. The van der Waals surface area contributed by atoms with Gasteiger partial charge in [-0.3, -0.25) is 19.1 Å². The molecule has 8 nitrogen and oxygen atoms in total. The molecule has 2 atom stereocenters. The molecule has 0 unspecified atom stereocenters. The minimum Gasteiger partial charge on any atom is -0.460 e. The first-order valence-corrected chi connectivity index (χ1v) is 8.92. The van der Waals surface area contributed by atoms with E-state index in [9.17, 15) is 14.4 Å². The molecule has 8 heteroatoms. The Balaban J connectivity index is 1.91. The lowest BCUT2D eigenvalue weighted by Gasteiger charge is -2.28. The summed E-state index contributed by atoms with van der Waals surface area (Å²) in [5, 5.41) is 7.80. The zero-order valence-corrected chi connectivity index (χ0v) is 15.7. The third-order valence-electron chi connectivity index (χ3n) is 4.64. The van der Waals surface area contributed by atoms with Crippen LogP contribution in [0.3, 0.4) is 0 Å². The Hall–Kier alpha value is -2.90. The van der Waals surface area contributed by atoms with Crippen molar-refractivity contribution in [1.29, 1.82) is 0 Å². The van der Waals surface area contributed by atoms with Crippen LogP contribution in [-0.4, -0.2) is 39.7 Å². The molecule has 1 aliphatic rings. The van der Waals surface area contributed by atoms with Crippen molar-refractivity contribution in [2.45, 2.75) is 52.3 Å². The van der Waals surface area contributed by atoms with E-state index in [1.165, 1.54) is 0 Å². The van der Waals surface area contributed by atoms with Gasteiger partial charge in [0.05, 0.1) is 12.1 Å². The smallest absolute Gasteiger partial charge is 0.306 e. The SMILES string of the molecule is CC(C)(C)[C@H](NC(=O)c1nn(C[C@H]2CCC(=O)O2)c2ccccc12)C(N)=O. The van der Waals surface area contributed by atoms with Gasteiger partial charge in [0.25, 0.3) is 5.91 Å². The fourth-order valence-corrected chi connectivity index (χ4v) is 3.25. The van der Waals surface area contributed by atoms with Crippen LogP contribution in [0.2, 0.25) is 0 Å². The second-order valence-corrected chi connectivity index (χ2v) is 7.87. The number of fused-ring (bicyclic) bond motifs is 1. The number of nitrogens with two attached hydrogens (primary N) is 1. The Bertz CT molecular complexity index is 897. The molecule has 1 fully saturated rings. The lowest BCUT2D eigenvalue weighted by molar-refractivity contribution is -0.141. The summed E-state index contributed by atoms with van der Waals surface area (Å²) >= 11 is 0. The van der Waals surface area contributed by atoms with Gasteiger partial charge >= 0.3 is 5.97 Å².